The number of aromatic nitrogens is 2. The van der Waals surface area contributed by atoms with Gasteiger partial charge in [0.05, 0.1) is 12.2 Å². The van der Waals surface area contributed by atoms with Crippen LogP contribution in [0.15, 0.2) is 42.7 Å². The van der Waals surface area contributed by atoms with Gasteiger partial charge < -0.3 is 5.32 Å². The molecule has 0 fully saturated rings. The van der Waals surface area contributed by atoms with Gasteiger partial charge in [-0.05, 0) is 37.1 Å². The lowest BCUT2D eigenvalue weighted by atomic mass is 10.1. The number of benzene rings is 1. The lowest BCUT2D eigenvalue weighted by molar-refractivity contribution is -0.126. The van der Waals surface area contributed by atoms with Crippen molar-refractivity contribution in [3.63, 3.8) is 0 Å². The van der Waals surface area contributed by atoms with Gasteiger partial charge in [0.1, 0.15) is 0 Å². The Morgan fingerprint density at radius 1 is 1.30 bits per heavy atom. The van der Waals surface area contributed by atoms with Crippen LogP contribution in [-0.4, -0.2) is 28.5 Å². The van der Waals surface area contributed by atoms with Gasteiger partial charge >= 0.3 is 6.18 Å². The number of alkyl halides is 3. The minimum absolute atomic E-state index is 0.246. The lowest BCUT2D eigenvalue weighted by Gasteiger charge is -2.16. The summed E-state index contributed by atoms with van der Waals surface area (Å²) < 4.78 is 38.1. The molecule has 20 heavy (non-hydrogen) atoms. The van der Waals surface area contributed by atoms with Crippen LogP contribution in [0.5, 0.6) is 0 Å². The Balaban J connectivity index is 1.98. The Kier molecular flexibility index (Phi) is 4.44. The Bertz CT molecular complexity index is 535. The van der Waals surface area contributed by atoms with Crippen LogP contribution >= 0.6 is 0 Å². The fourth-order valence-corrected chi connectivity index (χ4v) is 1.96. The third kappa shape index (κ3) is 4.38. The summed E-state index contributed by atoms with van der Waals surface area (Å²) in [6.45, 7) is 0.777. The van der Waals surface area contributed by atoms with Crippen molar-refractivity contribution in [2.45, 2.75) is 25.6 Å². The minimum Gasteiger partial charge on any atom is -0.306 e. The number of hydrogen-bond acceptors (Lipinski definition) is 2. The van der Waals surface area contributed by atoms with Crippen LogP contribution < -0.4 is 5.32 Å². The molecule has 1 atom stereocenters. The molecule has 1 aromatic heterocycles. The molecule has 1 N–H and O–H groups in total. The van der Waals surface area contributed by atoms with Gasteiger partial charge in [-0.15, -0.1) is 0 Å². The number of nitrogens with one attached hydrogen (secondary N) is 1. The molecule has 108 valence electrons. The van der Waals surface area contributed by atoms with E-state index in [4.69, 9.17) is 0 Å². The Morgan fingerprint density at radius 3 is 2.75 bits per heavy atom. The summed E-state index contributed by atoms with van der Waals surface area (Å²) in [5.74, 6) is 0. The first-order valence-electron chi connectivity index (χ1n) is 6.33. The largest absolute Gasteiger partial charge is 0.401 e. The topological polar surface area (TPSA) is 29.9 Å². The first-order valence-corrected chi connectivity index (χ1v) is 6.33. The molecule has 0 aliphatic rings. The molecule has 3 nitrogen and oxygen atoms in total. The Labute approximate surface area is 115 Å². The van der Waals surface area contributed by atoms with Crippen LogP contribution in [0, 0.1) is 0 Å². The van der Waals surface area contributed by atoms with Gasteiger partial charge in [-0.25, -0.2) is 4.68 Å². The van der Waals surface area contributed by atoms with Crippen LogP contribution in [0.2, 0.25) is 0 Å². The average Bonchev–Trinajstić information content (AvgIpc) is 2.90. The van der Waals surface area contributed by atoms with Gasteiger partial charge in [-0.2, -0.15) is 18.3 Å². The molecule has 0 unspecified atom stereocenters. The predicted molar refractivity (Wildman–Crippen MR) is 70.8 cm³/mol. The quantitative estimate of drug-likeness (QED) is 0.914. The highest BCUT2D eigenvalue weighted by Gasteiger charge is 2.27. The van der Waals surface area contributed by atoms with E-state index in [-0.39, 0.29) is 6.04 Å². The second-order valence-electron chi connectivity index (χ2n) is 4.72. The monoisotopic (exact) mass is 283 g/mol. The zero-order valence-electron chi connectivity index (χ0n) is 11.1. The highest BCUT2D eigenvalue weighted by atomic mass is 19.4. The summed E-state index contributed by atoms with van der Waals surface area (Å²) in [4.78, 5) is 0. The van der Waals surface area contributed by atoms with E-state index in [0.717, 1.165) is 11.3 Å². The molecule has 0 saturated carbocycles. The van der Waals surface area contributed by atoms with E-state index in [0.29, 0.717) is 6.42 Å². The standard InChI is InChI=1S/C14H16F3N3/c1-11(18-10-14(15,16)17)8-12-4-2-5-13(9-12)20-7-3-6-19-20/h2-7,9,11,18H,8,10H2,1H3/t11-/m1/s1. The van der Waals surface area contributed by atoms with E-state index in [2.05, 4.69) is 10.4 Å². The van der Waals surface area contributed by atoms with Crippen LogP contribution in [-0.2, 0) is 6.42 Å². The third-order valence-corrected chi connectivity index (χ3v) is 2.87. The molecule has 0 aliphatic carbocycles. The maximum Gasteiger partial charge on any atom is 0.401 e. The van der Waals surface area contributed by atoms with Gasteiger partial charge in [0.15, 0.2) is 0 Å². The lowest BCUT2D eigenvalue weighted by Crippen LogP contribution is -2.36. The molecular formula is C14H16F3N3. The first-order chi connectivity index (χ1) is 9.44. The van der Waals surface area contributed by atoms with Crippen molar-refractivity contribution in [1.82, 2.24) is 15.1 Å². The van der Waals surface area contributed by atoms with Crippen molar-refractivity contribution in [3.8, 4) is 5.69 Å². The Morgan fingerprint density at radius 2 is 2.10 bits per heavy atom. The molecule has 1 aromatic carbocycles. The Hall–Kier alpha value is -1.82. The molecule has 2 rings (SSSR count). The molecule has 0 spiro atoms. The van der Waals surface area contributed by atoms with E-state index in [1.807, 2.05) is 36.5 Å². The van der Waals surface area contributed by atoms with E-state index >= 15 is 0 Å². The van der Waals surface area contributed by atoms with Crippen molar-refractivity contribution in [2.24, 2.45) is 0 Å². The molecule has 1 heterocycles. The van der Waals surface area contributed by atoms with Crippen LogP contribution in [0.3, 0.4) is 0 Å². The maximum absolute atomic E-state index is 12.1. The summed E-state index contributed by atoms with van der Waals surface area (Å²) in [5, 5.41) is 6.61. The molecule has 0 amide bonds. The molecule has 6 heteroatoms. The van der Waals surface area contributed by atoms with Crippen molar-refractivity contribution in [1.29, 1.82) is 0 Å². The first kappa shape index (κ1) is 14.6. The van der Waals surface area contributed by atoms with Gasteiger partial charge in [-0.3, -0.25) is 0 Å². The zero-order chi connectivity index (χ0) is 14.6. The second-order valence-corrected chi connectivity index (χ2v) is 4.72. The van der Waals surface area contributed by atoms with Gasteiger partial charge in [0.25, 0.3) is 0 Å². The minimum atomic E-state index is -4.18. The smallest absolute Gasteiger partial charge is 0.306 e. The highest BCUT2D eigenvalue weighted by molar-refractivity contribution is 5.35. The van der Waals surface area contributed by atoms with Crippen LogP contribution in [0.4, 0.5) is 13.2 Å². The van der Waals surface area contributed by atoms with Gasteiger partial charge in [0.2, 0.25) is 0 Å². The van der Waals surface area contributed by atoms with Crippen molar-refractivity contribution < 1.29 is 13.2 Å². The molecule has 0 aliphatic heterocycles. The van der Waals surface area contributed by atoms with Crippen molar-refractivity contribution in [3.05, 3.63) is 48.3 Å². The summed E-state index contributed by atoms with van der Waals surface area (Å²) in [6.07, 6.45) is -0.138. The molecular weight excluding hydrogens is 267 g/mol. The number of nitrogens with zero attached hydrogens (tertiary/aromatic N) is 2. The molecule has 2 aromatic rings. The van der Waals surface area contributed by atoms with E-state index in [1.54, 1.807) is 17.8 Å². The SMILES string of the molecule is C[C@H](Cc1cccc(-n2cccn2)c1)NCC(F)(F)F. The second kappa shape index (κ2) is 6.09. The fraction of sp³-hybridized carbons (Fsp3) is 0.357. The summed E-state index contributed by atoms with van der Waals surface area (Å²) in [6, 6.07) is 9.19. The zero-order valence-corrected chi connectivity index (χ0v) is 11.1. The predicted octanol–water partition coefficient (Wildman–Crippen LogP) is 2.96. The number of rotatable bonds is 5. The van der Waals surface area contributed by atoms with Crippen molar-refractivity contribution >= 4 is 0 Å². The number of hydrogen-bond donors (Lipinski definition) is 1. The molecule has 0 bridgehead atoms. The third-order valence-electron chi connectivity index (χ3n) is 2.87. The average molecular weight is 283 g/mol. The summed E-state index contributed by atoms with van der Waals surface area (Å²) in [5.41, 5.74) is 1.87. The fourth-order valence-electron chi connectivity index (χ4n) is 1.96. The van der Waals surface area contributed by atoms with E-state index in [1.165, 1.54) is 0 Å². The van der Waals surface area contributed by atoms with E-state index < -0.39 is 12.7 Å². The van der Waals surface area contributed by atoms with Crippen LogP contribution in [0.1, 0.15) is 12.5 Å². The summed E-state index contributed by atoms with van der Waals surface area (Å²) in [7, 11) is 0. The van der Waals surface area contributed by atoms with Gasteiger partial charge in [-0.1, -0.05) is 12.1 Å². The summed E-state index contributed by atoms with van der Waals surface area (Å²) >= 11 is 0. The molecule has 0 saturated heterocycles. The maximum atomic E-state index is 12.1. The number of halogens is 3. The normalized spacial score (nSPS) is 13.4. The molecule has 0 radical (unpaired) electrons. The van der Waals surface area contributed by atoms with Crippen molar-refractivity contribution in [2.75, 3.05) is 6.54 Å². The van der Waals surface area contributed by atoms with E-state index in [9.17, 15) is 13.2 Å². The van der Waals surface area contributed by atoms with Gasteiger partial charge in [0, 0.05) is 18.4 Å². The highest BCUT2D eigenvalue weighted by Crippen LogP contribution is 2.14. The van der Waals surface area contributed by atoms with Crippen LogP contribution in [0.25, 0.3) is 5.69 Å².